The maximum atomic E-state index is 10.9. The van der Waals surface area contributed by atoms with Gasteiger partial charge in [-0.25, -0.2) is 0 Å². The fourth-order valence-electron chi connectivity index (χ4n) is 2.63. The van der Waals surface area contributed by atoms with Gasteiger partial charge in [-0.1, -0.05) is 0 Å². The van der Waals surface area contributed by atoms with Crippen LogP contribution in [0, 0.1) is 12.8 Å². The second-order valence-electron chi connectivity index (χ2n) is 5.22. The highest BCUT2D eigenvalue weighted by Gasteiger charge is 2.26. The average molecular weight is 251 g/mol. The SMILES string of the molecule is Cc1ccc(C(C)NC2CCC(C(=O)O)CC2)o1. The Morgan fingerprint density at radius 3 is 2.56 bits per heavy atom. The van der Waals surface area contributed by atoms with Crippen LogP contribution in [-0.2, 0) is 4.79 Å². The van der Waals surface area contributed by atoms with Crippen LogP contribution >= 0.6 is 0 Å². The number of rotatable bonds is 4. The molecule has 100 valence electrons. The van der Waals surface area contributed by atoms with Crippen molar-refractivity contribution in [3.05, 3.63) is 23.7 Å². The van der Waals surface area contributed by atoms with E-state index in [4.69, 9.17) is 9.52 Å². The molecular formula is C14H21NO3. The average Bonchev–Trinajstić information content (AvgIpc) is 2.76. The zero-order valence-corrected chi connectivity index (χ0v) is 11.0. The highest BCUT2D eigenvalue weighted by Crippen LogP contribution is 2.26. The summed E-state index contributed by atoms with van der Waals surface area (Å²) in [7, 11) is 0. The van der Waals surface area contributed by atoms with E-state index in [1.165, 1.54) is 0 Å². The van der Waals surface area contributed by atoms with Crippen molar-refractivity contribution >= 4 is 5.97 Å². The second kappa shape index (κ2) is 5.57. The van der Waals surface area contributed by atoms with Crippen LogP contribution in [-0.4, -0.2) is 17.1 Å². The molecule has 0 amide bonds. The van der Waals surface area contributed by atoms with Gasteiger partial charge in [0.15, 0.2) is 0 Å². The van der Waals surface area contributed by atoms with E-state index < -0.39 is 5.97 Å². The summed E-state index contributed by atoms with van der Waals surface area (Å²) in [6, 6.07) is 4.55. The van der Waals surface area contributed by atoms with Crippen LogP contribution in [0.15, 0.2) is 16.5 Å². The lowest BCUT2D eigenvalue weighted by atomic mass is 9.86. The molecular weight excluding hydrogens is 230 g/mol. The number of aryl methyl sites for hydroxylation is 1. The summed E-state index contributed by atoms with van der Waals surface area (Å²) in [6.07, 6.45) is 3.41. The van der Waals surface area contributed by atoms with Gasteiger partial charge in [-0.2, -0.15) is 0 Å². The number of hydrogen-bond acceptors (Lipinski definition) is 3. The van der Waals surface area contributed by atoms with Crippen molar-refractivity contribution in [2.75, 3.05) is 0 Å². The molecule has 0 aliphatic heterocycles. The van der Waals surface area contributed by atoms with Crippen molar-refractivity contribution in [2.45, 2.75) is 51.6 Å². The maximum Gasteiger partial charge on any atom is 0.306 e. The standard InChI is InChI=1S/C14H21NO3/c1-9-3-8-13(18-9)10(2)15-12-6-4-11(5-7-12)14(16)17/h3,8,10-12,15H,4-7H2,1-2H3,(H,16,17). The summed E-state index contributed by atoms with van der Waals surface area (Å²) in [4.78, 5) is 10.9. The Morgan fingerprint density at radius 2 is 2.06 bits per heavy atom. The van der Waals surface area contributed by atoms with Gasteiger partial charge in [-0.05, 0) is 51.7 Å². The Kier molecular flexibility index (Phi) is 4.07. The molecule has 1 atom stereocenters. The van der Waals surface area contributed by atoms with Crippen LogP contribution in [0.4, 0.5) is 0 Å². The van der Waals surface area contributed by atoms with Crippen LogP contribution in [0.5, 0.6) is 0 Å². The molecule has 1 aromatic rings. The van der Waals surface area contributed by atoms with E-state index in [0.717, 1.165) is 37.2 Å². The van der Waals surface area contributed by atoms with Crippen molar-refractivity contribution in [3.8, 4) is 0 Å². The van der Waals surface area contributed by atoms with E-state index in [-0.39, 0.29) is 12.0 Å². The predicted molar refractivity (Wildman–Crippen MR) is 68.4 cm³/mol. The summed E-state index contributed by atoms with van der Waals surface area (Å²) >= 11 is 0. The molecule has 0 bridgehead atoms. The lowest BCUT2D eigenvalue weighted by molar-refractivity contribution is -0.142. The van der Waals surface area contributed by atoms with Crippen LogP contribution in [0.1, 0.15) is 50.2 Å². The molecule has 18 heavy (non-hydrogen) atoms. The van der Waals surface area contributed by atoms with E-state index in [1.54, 1.807) is 0 Å². The summed E-state index contributed by atoms with van der Waals surface area (Å²) in [6.45, 7) is 4.02. The molecule has 0 saturated heterocycles. The Morgan fingerprint density at radius 1 is 1.39 bits per heavy atom. The number of aliphatic carboxylic acids is 1. The minimum atomic E-state index is -0.650. The van der Waals surface area contributed by atoms with Crippen LogP contribution in [0.25, 0.3) is 0 Å². The summed E-state index contributed by atoms with van der Waals surface area (Å²) in [5.74, 6) is 1.08. The van der Waals surface area contributed by atoms with Crippen molar-refractivity contribution in [2.24, 2.45) is 5.92 Å². The van der Waals surface area contributed by atoms with Gasteiger partial charge in [0.1, 0.15) is 11.5 Å². The largest absolute Gasteiger partial charge is 0.481 e. The van der Waals surface area contributed by atoms with Gasteiger partial charge in [0.25, 0.3) is 0 Å². The van der Waals surface area contributed by atoms with Gasteiger partial charge >= 0.3 is 5.97 Å². The van der Waals surface area contributed by atoms with E-state index in [0.29, 0.717) is 6.04 Å². The third-order valence-electron chi connectivity index (χ3n) is 3.75. The maximum absolute atomic E-state index is 10.9. The number of carboxylic acid groups (broad SMARTS) is 1. The zero-order valence-electron chi connectivity index (χ0n) is 11.0. The normalized spacial score (nSPS) is 25.9. The third kappa shape index (κ3) is 3.13. The quantitative estimate of drug-likeness (QED) is 0.863. The van der Waals surface area contributed by atoms with E-state index >= 15 is 0 Å². The molecule has 1 aromatic heterocycles. The van der Waals surface area contributed by atoms with Crippen molar-refractivity contribution in [3.63, 3.8) is 0 Å². The fraction of sp³-hybridized carbons (Fsp3) is 0.643. The van der Waals surface area contributed by atoms with Gasteiger partial charge in [0, 0.05) is 6.04 Å². The van der Waals surface area contributed by atoms with Gasteiger partial charge in [0.05, 0.1) is 12.0 Å². The van der Waals surface area contributed by atoms with Gasteiger partial charge < -0.3 is 14.8 Å². The molecule has 1 saturated carbocycles. The van der Waals surface area contributed by atoms with Gasteiger partial charge in [0.2, 0.25) is 0 Å². The first-order valence-electron chi connectivity index (χ1n) is 6.61. The highest BCUT2D eigenvalue weighted by atomic mass is 16.4. The fourth-order valence-corrected chi connectivity index (χ4v) is 2.63. The number of carbonyl (C=O) groups is 1. The second-order valence-corrected chi connectivity index (χ2v) is 5.22. The van der Waals surface area contributed by atoms with Gasteiger partial charge in [-0.3, -0.25) is 4.79 Å². The van der Waals surface area contributed by atoms with E-state index in [1.807, 2.05) is 19.1 Å². The first kappa shape index (κ1) is 13.1. The minimum absolute atomic E-state index is 0.149. The number of carboxylic acids is 1. The first-order chi connectivity index (χ1) is 8.56. The van der Waals surface area contributed by atoms with Crippen molar-refractivity contribution in [1.82, 2.24) is 5.32 Å². The van der Waals surface area contributed by atoms with Crippen molar-refractivity contribution < 1.29 is 14.3 Å². The summed E-state index contributed by atoms with van der Waals surface area (Å²) < 4.78 is 5.59. The van der Waals surface area contributed by atoms with Gasteiger partial charge in [-0.15, -0.1) is 0 Å². The number of furan rings is 1. The molecule has 1 fully saturated rings. The summed E-state index contributed by atoms with van der Waals surface area (Å²) in [5.41, 5.74) is 0. The molecule has 2 rings (SSSR count). The molecule has 0 aromatic carbocycles. The Bertz CT molecular complexity index is 405. The van der Waals surface area contributed by atoms with Crippen LogP contribution < -0.4 is 5.32 Å². The Hall–Kier alpha value is -1.29. The number of nitrogens with one attached hydrogen (secondary N) is 1. The molecule has 4 nitrogen and oxygen atoms in total. The monoisotopic (exact) mass is 251 g/mol. The molecule has 1 aliphatic carbocycles. The lowest BCUT2D eigenvalue weighted by Crippen LogP contribution is -2.36. The summed E-state index contributed by atoms with van der Waals surface area (Å²) in [5, 5.41) is 12.5. The lowest BCUT2D eigenvalue weighted by Gasteiger charge is -2.28. The molecule has 1 heterocycles. The minimum Gasteiger partial charge on any atom is -0.481 e. The van der Waals surface area contributed by atoms with E-state index in [9.17, 15) is 4.79 Å². The van der Waals surface area contributed by atoms with E-state index in [2.05, 4.69) is 12.2 Å². The first-order valence-corrected chi connectivity index (χ1v) is 6.61. The van der Waals surface area contributed by atoms with Crippen molar-refractivity contribution in [1.29, 1.82) is 0 Å². The molecule has 1 unspecified atom stereocenters. The zero-order chi connectivity index (χ0) is 13.1. The molecule has 1 aliphatic rings. The third-order valence-corrected chi connectivity index (χ3v) is 3.75. The molecule has 0 spiro atoms. The molecule has 2 N–H and O–H groups in total. The van der Waals surface area contributed by atoms with Crippen LogP contribution in [0.2, 0.25) is 0 Å². The molecule has 0 radical (unpaired) electrons. The number of hydrogen-bond donors (Lipinski definition) is 2. The van der Waals surface area contributed by atoms with Crippen LogP contribution in [0.3, 0.4) is 0 Å². The molecule has 4 heteroatoms. The topological polar surface area (TPSA) is 62.5 Å². The smallest absolute Gasteiger partial charge is 0.306 e. The predicted octanol–water partition coefficient (Wildman–Crippen LogP) is 2.88. The Balaban J connectivity index is 1.83. The Labute approximate surface area is 107 Å². The highest BCUT2D eigenvalue weighted by molar-refractivity contribution is 5.70.